The molecule has 0 spiro atoms. The average molecular weight is 295 g/mol. The molecule has 108 valence electrons. The quantitative estimate of drug-likeness (QED) is 0.923. The van der Waals surface area contributed by atoms with Gasteiger partial charge < -0.3 is 10.6 Å². The largest absolute Gasteiger partial charge is 0.369 e. The fourth-order valence-corrected chi connectivity index (χ4v) is 2.77. The molecule has 5 heteroatoms. The molecule has 1 saturated heterocycles. The summed E-state index contributed by atoms with van der Waals surface area (Å²) in [6.45, 7) is 1.17. The molecule has 0 saturated carbocycles. The molecule has 1 atom stereocenters. The summed E-state index contributed by atoms with van der Waals surface area (Å²) < 4.78 is 0. The van der Waals surface area contributed by atoms with Crippen molar-refractivity contribution >= 4 is 23.4 Å². The first kappa shape index (κ1) is 14.9. The molecule has 2 rings (SSSR count). The van der Waals surface area contributed by atoms with Gasteiger partial charge in [0.15, 0.2) is 0 Å². The van der Waals surface area contributed by atoms with Crippen molar-refractivity contribution < 1.29 is 9.59 Å². The van der Waals surface area contributed by atoms with Crippen molar-refractivity contribution in [1.29, 1.82) is 0 Å². The van der Waals surface area contributed by atoms with Crippen molar-refractivity contribution in [2.75, 3.05) is 13.1 Å². The Balaban J connectivity index is 1.89. The van der Waals surface area contributed by atoms with Gasteiger partial charge in [0, 0.05) is 24.5 Å². The fourth-order valence-electron chi connectivity index (χ4n) is 2.54. The molecule has 1 aromatic carbocycles. The minimum atomic E-state index is -0.311. The van der Waals surface area contributed by atoms with Gasteiger partial charge in [-0.2, -0.15) is 0 Å². The van der Waals surface area contributed by atoms with E-state index in [2.05, 4.69) is 0 Å². The smallest absolute Gasteiger partial charge is 0.222 e. The summed E-state index contributed by atoms with van der Waals surface area (Å²) in [5, 5.41) is 0.689. The fraction of sp³-hybridized carbons (Fsp3) is 0.467. The minimum absolute atomic E-state index is 0.0656. The van der Waals surface area contributed by atoms with Gasteiger partial charge in [-0.15, -0.1) is 0 Å². The Bertz CT molecular complexity index is 504. The molecule has 1 fully saturated rings. The zero-order chi connectivity index (χ0) is 14.5. The van der Waals surface area contributed by atoms with Gasteiger partial charge in [0.05, 0.1) is 5.92 Å². The first-order valence-corrected chi connectivity index (χ1v) is 7.26. The number of likely N-dealkylation sites (tertiary alicyclic amines) is 1. The van der Waals surface area contributed by atoms with Gasteiger partial charge in [-0.05, 0) is 30.9 Å². The highest BCUT2D eigenvalue weighted by Gasteiger charge is 2.26. The SMILES string of the molecule is NC(=O)C1CCCN(C(=O)CCc2ccccc2Cl)C1. The van der Waals surface area contributed by atoms with E-state index >= 15 is 0 Å². The Hall–Kier alpha value is -1.55. The number of rotatable bonds is 4. The number of amides is 2. The molecule has 2 N–H and O–H groups in total. The molecule has 1 unspecified atom stereocenters. The Morgan fingerprint density at radius 3 is 2.80 bits per heavy atom. The van der Waals surface area contributed by atoms with Gasteiger partial charge in [0.2, 0.25) is 11.8 Å². The zero-order valence-corrected chi connectivity index (χ0v) is 12.1. The van der Waals surface area contributed by atoms with Crippen LogP contribution in [0.15, 0.2) is 24.3 Å². The van der Waals surface area contributed by atoms with Crippen LogP contribution in [-0.4, -0.2) is 29.8 Å². The van der Waals surface area contributed by atoms with E-state index in [4.69, 9.17) is 17.3 Å². The van der Waals surface area contributed by atoms with Crippen LogP contribution >= 0.6 is 11.6 Å². The van der Waals surface area contributed by atoms with Crippen molar-refractivity contribution in [2.45, 2.75) is 25.7 Å². The van der Waals surface area contributed by atoms with E-state index in [1.165, 1.54) is 0 Å². The number of carbonyl (C=O) groups is 2. The second-order valence-corrected chi connectivity index (χ2v) is 5.58. The molecule has 1 aliphatic rings. The molecular formula is C15H19ClN2O2. The maximum Gasteiger partial charge on any atom is 0.222 e. The summed E-state index contributed by atoms with van der Waals surface area (Å²) in [6.07, 6.45) is 2.65. The molecule has 20 heavy (non-hydrogen) atoms. The van der Waals surface area contributed by atoms with E-state index in [1.54, 1.807) is 4.90 Å². The lowest BCUT2D eigenvalue weighted by atomic mass is 9.97. The van der Waals surface area contributed by atoms with Crippen LogP contribution in [0.3, 0.4) is 0 Å². The lowest BCUT2D eigenvalue weighted by Gasteiger charge is -2.31. The number of benzene rings is 1. The third-order valence-corrected chi connectivity index (χ3v) is 4.11. The minimum Gasteiger partial charge on any atom is -0.369 e. The van der Waals surface area contributed by atoms with Crippen LogP contribution in [0.25, 0.3) is 0 Å². The highest BCUT2D eigenvalue weighted by molar-refractivity contribution is 6.31. The lowest BCUT2D eigenvalue weighted by Crippen LogP contribution is -2.44. The number of carbonyl (C=O) groups excluding carboxylic acids is 2. The molecule has 2 amide bonds. The van der Waals surface area contributed by atoms with Gasteiger partial charge in [-0.3, -0.25) is 9.59 Å². The van der Waals surface area contributed by atoms with Crippen LogP contribution in [0.4, 0.5) is 0 Å². The number of aryl methyl sites for hydroxylation is 1. The Morgan fingerprint density at radius 1 is 1.35 bits per heavy atom. The van der Waals surface area contributed by atoms with Crippen molar-refractivity contribution in [2.24, 2.45) is 11.7 Å². The second-order valence-electron chi connectivity index (χ2n) is 5.17. The third-order valence-electron chi connectivity index (χ3n) is 3.74. The highest BCUT2D eigenvalue weighted by Crippen LogP contribution is 2.19. The van der Waals surface area contributed by atoms with E-state index < -0.39 is 0 Å². The van der Waals surface area contributed by atoms with Crippen molar-refractivity contribution in [3.05, 3.63) is 34.9 Å². The summed E-state index contributed by atoms with van der Waals surface area (Å²) in [4.78, 5) is 25.1. The number of hydrogen-bond donors (Lipinski definition) is 1. The molecule has 4 nitrogen and oxygen atoms in total. The molecule has 0 aliphatic carbocycles. The van der Waals surface area contributed by atoms with Crippen molar-refractivity contribution in [3.63, 3.8) is 0 Å². The molecule has 1 aliphatic heterocycles. The number of primary amides is 1. The lowest BCUT2D eigenvalue weighted by molar-refractivity contribution is -0.134. The number of halogens is 1. The zero-order valence-electron chi connectivity index (χ0n) is 11.3. The summed E-state index contributed by atoms with van der Waals surface area (Å²) in [7, 11) is 0. The highest BCUT2D eigenvalue weighted by atomic mass is 35.5. The monoisotopic (exact) mass is 294 g/mol. The van der Waals surface area contributed by atoms with Crippen LogP contribution in [-0.2, 0) is 16.0 Å². The molecule has 1 aromatic rings. The van der Waals surface area contributed by atoms with E-state index in [0.29, 0.717) is 31.0 Å². The molecular weight excluding hydrogens is 276 g/mol. The van der Waals surface area contributed by atoms with Gasteiger partial charge in [-0.25, -0.2) is 0 Å². The Kier molecular flexibility index (Phi) is 5.01. The summed E-state index contributed by atoms with van der Waals surface area (Å²) in [6, 6.07) is 7.54. The maximum atomic E-state index is 12.2. The Labute approximate surface area is 123 Å². The van der Waals surface area contributed by atoms with Crippen LogP contribution < -0.4 is 5.73 Å². The van der Waals surface area contributed by atoms with Gasteiger partial charge in [0.25, 0.3) is 0 Å². The predicted molar refractivity (Wildman–Crippen MR) is 78.3 cm³/mol. The van der Waals surface area contributed by atoms with Crippen LogP contribution in [0.5, 0.6) is 0 Å². The van der Waals surface area contributed by atoms with Crippen LogP contribution in [0, 0.1) is 5.92 Å². The number of piperidine rings is 1. The number of nitrogens with zero attached hydrogens (tertiary/aromatic N) is 1. The van der Waals surface area contributed by atoms with Gasteiger partial charge in [0.1, 0.15) is 0 Å². The molecule has 0 aromatic heterocycles. The van der Waals surface area contributed by atoms with E-state index in [0.717, 1.165) is 18.4 Å². The number of hydrogen-bond acceptors (Lipinski definition) is 2. The van der Waals surface area contributed by atoms with Gasteiger partial charge >= 0.3 is 0 Å². The van der Waals surface area contributed by atoms with Gasteiger partial charge in [-0.1, -0.05) is 29.8 Å². The predicted octanol–water partition coefficient (Wildman–Crippen LogP) is 2.00. The average Bonchev–Trinajstić information content (AvgIpc) is 2.46. The van der Waals surface area contributed by atoms with E-state index in [1.807, 2.05) is 24.3 Å². The molecule has 0 bridgehead atoms. The van der Waals surface area contributed by atoms with E-state index in [-0.39, 0.29) is 17.7 Å². The van der Waals surface area contributed by atoms with Crippen molar-refractivity contribution in [1.82, 2.24) is 4.90 Å². The first-order chi connectivity index (χ1) is 9.58. The molecule has 1 heterocycles. The Morgan fingerprint density at radius 2 is 2.10 bits per heavy atom. The van der Waals surface area contributed by atoms with Crippen LogP contribution in [0.2, 0.25) is 5.02 Å². The summed E-state index contributed by atoms with van der Waals surface area (Å²) in [5.41, 5.74) is 6.30. The van der Waals surface area contributed by atoms with Crippen LogP contribution in [0.1, 0.15) is 24.8 Å². The standard InChI is InChI=1S/C15H19ClN2O2/c16-13-6-2-1-4-11(13)7-8-14(19)18-9-3-5-12(10-18)15(17)20/h1-2,4,6,12H,3,5,7-10H2,(H2,17,20). The van der Waals surface area contributed by atoms with Crippen molar-refractivity contribution in [3.8, 4) is 0 Å². The maximum absolute atomic E-state index is 12.2. The number of nitrogens with two attached hydrogens (primary N) is 1. The van der Waals surface area contributed by atoms with E-state index in [9.17, 15) is 9.59 Å². The summed E-state index contributed by atoms with van der Waals surface area (Å²) >= 11 is 6.07. The third kappa shape index (κ3) is 3.73. The first-order valence-electron chi connectivity index (χ1n) is 6.88. The normalized spacial score (nSPS) is 18.9. The molecule has 0 radical (unpaired) electrons. The second kappa shape index (κ2) is 6.75. The summed E-state index contributed by atoms with van der Waals surface area (Å²) in [5.74, 6) is -0.447. The topological polar surface area (TPSA) is 63.4 Å².